The number of Topliss-reactive ketones (excluding diaryl/α,β-unsaturated/α-hetero) is 1. The van der Waals surface area contributed by atoms with Crippen LogP contribution in [0.3, 0.4) is 0 Å². The molecule has 6 nitrogen and oxygen atoms in total. The average Bonchev–Trinajstić information content (AvgIpc) is 2.79. The second-order valence-corrected chi connectivity index (χ2v) is 4.85. The summed E-state index contributed by atoms with van der Waals surface area (Å²) in [5.41, 5.74) is 0.234. The van der Waals surface area contributed by atoms with Crippen molar-refractivity contribution in [3.8, 4) is 0 Å². The Labute approximate surface area is 114 Å². The van der Waals surface area contributed by atoms with Crippen LogP contribution in [0.5, 0.6) is 0 Å². The third-order valence-electron chi connectivity index (χ3n) is 2.59. The summed E-state index contributed by atoms with van der Waals surface area (Å²) >= 11 is 1.33. The van der Waals surface area contributed by atoms with Gasteiger partial charge in [-0.25, -0.2) is 9.89 Å². The molecule has 0 amide bonds. The second-order valence-electron chi connectivity index (χ2n) is 3.81. The predicted molar refractivity (Wildman–Crippen MR) is 71.5 cm³/mol. The quantitative estimate of drug-likeness (QED) is 0.842. The maximum atomic E-state index is 11.5. The van der Waals surface area contributed by atoms with Gasteiger partial charge in [-0.3, -0.25) is 14.3 Å². The molecule has 2 aromatic rings. The highest BCUT2D eigenvalue weighted by Gasteiger charge is 2.09. The van der Waals surface area contributed by atoms with Gasteiger partial charge in [0.1, 0.15) is 5.69 Å². The summed E-state index contributed by atoms with van der Waals surface area (Å²) in [5, 5.41) is 6.95. The van der Waals surface area contributed by atoms with Crippen LogP contribution in [-0.4, -0.2) is 25.5 Å². The normalized spacial score (nSPS) is 10.6. The van der Waals surface area contributed by atoms with Crippen LogP contribution in [0.15, 0.2) is 33.2 Å². The van der Waals surface area contributed by atoms with Gasteiger partial charge in [-0.15, -0.1) is 5.10 Å². The monoisotopic (exact) mass is 278 g/mol. The molecule has 2 heterocycles. The summed E-state index contributed by atoms with van der Waals surface area (Å²) in [6.45, 7) is 4.23. The number of rotatable bonds is 5. The van der Waals surface area contributed by atoms with Crippen LogP contribution in [0.25, 0.3) is 0 Å². The van der Waals surface area contributed by atoms with Gasteiger partial charge in [-0.1, -0.05) is 6.92 Å². The molecule has 1 N–H and O–H groups in total. The van der Waals surface area contributed by atoms with Crippen molar-refractivity contribution in [2.75, 3.05) is 0 Å². The molecule has 0 bridgehead atoms. The summed E-state index contributed by atoms with van der Waals surface area (Å²) in [4.78, 5) is 27.8. The molecular weight excluding hydrogens is 264 g/mol. The third kappa shape index (κ3) is 2.93. The SMILES string of the molecule is CCC(=O)c1ccc(Sc2n[nH]c(=O)n2CC)cn1. The van der Waals surface area contributed by atoms with Gasteiger partial charge in [0.25, 0.3) is 0 Å². The van der Waals surface area contributed by atoms with Crippen molar-refractivity contribution < 1.29 is 4.79 Å². The van der Waals surface area contributed by atoms with Crippen molar-refractivity contribution in [3.05, 3.63) is 34.5 Å². The van der Waals surface area contributed by atoms with E-state index in [1.165, 1.54) is 16.3 Å². The summed E-state index contributed by atoms with van der Waals surface area (Å²) in [5.74, 6) is 0.0155. The molecule has 2 rings (SSSR count). The van der Waals surface area contributed by atoms with Crippen LogP contribution < -0.4 is 5.69 Å². The first kappa shape index (κ1) is 13.5. The van der Waals surface area contributed by atoms with E-state index < -0.39 is 0 Å². The lowest BCUT2D eigenvalue weighted by Crippen LogP contribution is -2.16. The minimum absolute atomic E-state index is 0.0155. The molecule has 0 fully saturated rings. The maximum absolute atomic E-state index is 11.5. The fourth-order valence-electron chi connectivity index (χ4n) is 1.55. The van der Waals surface area contributed by atoms with Crippen molar-refractivity contribution in [1.82, 2.24) is 19.7 Å². The van der Waals surface area contributed by atoms with Gasteiger partial charge in [-0.05, 0) is 30.8 Å². The first-order valence-electron chi connectivity index (χ1n) is 5.98. The molecule has 0 aliphatic heterocycles. The van der Waals surface area contributed by atoms with Crippen molar-refractivity contribution in [3.63, 3.8) is 0 Å². The molecule has 100 valence electrons. The van der Waals surface area contributed by atoms with Crippen LogP contribution in [-0.2, 0) is 6.54 Å². The van der Waals surface area contributed by atoms with E-state index in [0.29, 0.717) is 23.8 Å². The molecule has 0 radical (unpaired) electrons. The number of nitrogens with zero attached hydrogens (tertiary/aromatic N) is 3. The summed E-state index contributed by atoms with van der Waals surface area (Å²) in [6.07, 6.45) is 2.06. The van der Waals surface area contributed by atoms with Crippen LogP contribution in [0.2, 0.25) is 0 Å². The van der Waals surface area contributed by atoms with Crippen molar-refractivity contribution >= 4 is 17.5 Å². The largest absolute Gasteiger partial charge is 0.343 e. The van der Waals surface area contributed by atoms with Gasteiger partial charge in [0.05, 0.1) is 0 Å². The Morgan fingerprint density at radius 3 is 2.79 bits per heavy atom. The number of aromatic amines is 1. The maximum Gasteiger partial charge on any atom is 0.343 e. The van der Waals surface area contributed by atoms with Crippen LogP contribution in [0, 0.1) is 0 Å². The molecule has 0 aliphatic rings. The van der Waals surface area contributed by atoms with Gasteiger partial charge >= 0.3 is 5.69 Å². The lowest BCUT2D eigenvalue weighted by molar-refractivity contribution is 0.0983. The fraction of sp³-hybridized carbons (Fsp3) is 0.333. The van der Waals surface area contributed by atoms with Crippen molar-refractivity contribution in [1.29, 1.82) is 0 Å². The van der Waals surface area contributed by atoms with Gasteiger partial charge in [0.15, 0.2) is 10.9 Å². The predicted octanol–water partition coefficient (Wildman–Crippen LogP) is 1.73. The van der Waals surface area contributed by atoms with E-state index in [1.54, 1.807) is 25.3 Å². The Hall–Kier alpha value is -1.89. The molecule has 0 atom stereocenters. The first-order chi connectivity index (χ1) is 9.15. The average molecular weight is 278 g/mol. The molecular formula is C12H14N4O2S. The van der Waals surface area contributed by atoms with Crippen molar-refractivity contribution in [2.45, 2.75) is 36.9 Å². The summed E-state index contributed by atoms with van der Waals surface area (Å²) < 4.78 is 1.54. The van der Waals surface area contributed by atoms with Crippen LogP contribution in [0.1, 0.15) is 30.8 Å². The number of carbonyl (C=O) groups is 1. The second kappa shape index (κ2) is 5.83. The van der Waals surface area contributed by atoms with Gasteiger partial charge in [0.2, 0.25) is 0 Å². The number of aromatic nitrogens is 4. The van der Waals surface area contributed by atoms with E-state index in [1.807, 2.05) is 6.92 Å². The van der Waals surface area contributed by atoms with E-state index >= 15 is 0 Å². The Bertz CT molecular complexity index is 630. The Balaban J connectivity index is 2.20. The highest BCUT2D eigenvalue weighted by Crippen LogP contribution is 2.24. The van der Waals surface area contributed by atoms with Crippen LogP contribution in [0.4, 0.5) is 0 Å². The van der Waals surface area contributed by atoms with E-state index in [-0.39, 0.29) is 11.5 Å². The molecule has 0 aromatic carbocycles. The summed E-state index contributed by atoms with van der Waals surface area (Å²) in [6, 6.07) is 3.49. The number of hydrogen-bond acceptors (Lipinski definition) is 5. The number of pyridine rings is 1. The number of carbonyl (C=O) groups excluding carboxylic acids is 1. The highest BCUT2D eigenvalue weighted by atomic mass is 32.2. The highest BCUT2D eigenvalue weighted by molar-refractivity contribution is 7.99. The summed E-state index contributed by atoms with van der Waals surface area (Å²) in [7, 11) is 0. The molecule has 7 heteroatoms. The van der Waals surface area contributed by atoms with Crippen molar-refractivity contribution in [2.24, 2.45) is 0 Å². The smallest absolute Gasteiger partial charge is 0.292 e. The van der Waals surface area contributed by atoms with Gasteiger partial charge in [0, 0.05) is 24.1 Å². The molecule has 0 unspecified atom stereocenters. The molecule has 19 heavy (non-hydrogen) atoms. The first-order valence-corrected chi connectivity index (χ1v) is 6.79. The van der Waals surface area contributed by atoms with Crippen LogP contribution >= 0.6 is 11.8 Å². The molecule has 2 aromatic heterocycles. The van der Waals surface area contributed by atoms with E-state index in [4.69, 9.17) is 0 Å². The minimum Gasteiger partial charge on any atom is -0.292 e. The number of hydrogen-bond donors (Lipinski definition) is 1. The fourth-order valence-corrected chi connectivity index (χ4v) is 2.42. The Morgan fingerprint density at radius 1 is 1.42 bits per heavy atom. The molecule has 0 aliphatic carbocycles. The zero-order valence-electron chi connectivity index (χ0n) is 10.7. The molecule has 0 saturated carbocycles. The zero-order valence-corrected chi connectivity index (χ0v) is 11.5. The molecule has 0 spiro atoms. The van der Waals surface area contributed by atoms with E-state index in [9.17, 15) is 9.59 Å². The lowest BCUT2D eigenvalue weighted by Gasteiger charge is -2.02. The molecule has 0 saturated heterocycles. The minimum atomic E-state index is -0.226. The van der Waals surface area contributed by atoms with E-state index in [0.717, 1.165) is 4.90 Å². The number of ketones is 1. The van der Waals surface area contributed by atoms with Gasteiger partial charge < -0.3 is 0 Å². The zero-order chi connectivity index (χ0) is 13.8. The third-order valence-corrected chi connectivity index (χ3v) is 3.56. The number of H-pyrrole nitrogens is 1. The Kier molecular flexibility index (Phi) is 4.16. The standard InChI is InChI=1S/C12H14N4O2S/c1-3-10(17)9-6-5-8(7-13-9)19-12-15-14-11(18)16(12)4-2/h5-7H,3-4H2,1-2H3,(H,14,18). The Morgan fingerprint density at radius 2 is 2.21 bits per heavy atom. The van der Waals surface area contributed by atoms with E-state index in [2.05, 4.69) is 15.2 Å². The topological polar surface area (TPSA) is 80.6 Å². The lowest BCUT2D eigenvalue weighted by atomic mass is 10.2. The van der Waals surface area contributed by atoms with Gasteiger partial charge in [-0.2, -0.15) is 0 Å². The number of nitrogens with one attached hydrogen (secondary N) is 1.